The van der Waals surface area contributed by atoms with Gasteiger partial charge in [0.1, 0.15) is 0 Å². The van der Waals surface area contributed by atoms with Crippen molar-refractivity contribution in [3.63, 3.8) is 0 Å². The van der Waals surface area contributed by atoms with Crippen molar-refractivity contribution >= 4 is 12.0 Å². The molecule has 0 aromatic rings. The van der Waals surface area contributed by atoms with Crippen molar-refractivity contribution in [2.75, 3.05) is 13.1 Å². The molecule has 1 fully saturated rings. The largest absolute Gasteiger partial charge is 0.481 e. The fraction of sp³-hybridized carbons (Fsp3) is 0.867. The third-order valence-corrected chi connectivity index (χ3v) is 3.90. The van der Waals surface area contributed by atoms with E-state index in [-0.39, 0.29) is 12.5 Å². The van der Waals surface area contributed by atoms with Gasteiger partial charge >= 0.3 is 12.0 Å². The van der Waals surface area contributed by atoms with Crippen LogP contribution >= 0.6 is 0 Å². The third kappa shape index (κ3) is 8.77. The molecule has 0 radical (unpaired) electrons. The lowest BCUT2D eigenvalue weighted by molar-refractivity contribution is -0.137. The lowest BCUT2D eigenvalue weighted by Crippen LogP contribution is -2.36. The number of hydrogen-bond acceptors (Lipinski definition) is 2. The second kappa shape index (κ2) is 10.5. The molecule has 0 atom stereocenters. The molecule has 1 rings (SSSR count). The molecule has 116 valence electrons. The van der Waals surface area contributed by atoms with Crippen LogP contribution in [0.1, 0.15) is 64.2 Å². The van der Waals surface area contributed by atoms with Crippen molar-refractivity contribution in [2.24, 2.45) is 5.92 Å². The van der Waals surface area contributed by atoms with Gasteiger partial charge in [0.25, 0.3) is 0 Å². The van der Waals surface area contributed by atoms with E-state index in [0.29, 0.717) is 13.0 Å². The van der Waals surface area contributed by atoms with Crippen molar-refractivity contribution in [1.82, 2.24) is 10.6 Å². The molecule has 1 aliphatic rings. The maximum Gasteiger partial charge on any atom is 0.314 e. The molecule has 0 saturated heterocycles. The van der Waals surface area contributed by atoms with E-state index in [2.05, 4.69) is 10.6 Å². The van der Waals surface area contributed by atoms with Gasteiger partial charge in [0.05, 0.1) is 0 Å². The number of rotatable bonds is 10. The first-order chi connectivity index (χ1) is 9.68. The summed E-state index contributed by atoms with van der Waals surface area (Å²) in [6.45, 7) is 1.37. The van der Waals surface area contributed by atoms with E-state index in [0.717, 1.165) is 31.7 Å². The summed E-state index contributed by atoms with van der Waals surface area (Å²) >= 11 is 0. The minimum Gasteiger partial charge on any atom is -0.481 e. The fourth-order valence-electron chi connectivity index (χ4n) is 2.73. The van der Waals surface area contributed by atoms with Crippen LogP contribution in [0, 0.1) is 5.92 Å². The van der Waals surface area contributed by atoms with Gasteiger partial charge in [0.15, 0.2) is 0 Å². The van der Waals surface area contributed by atoms with Gasteiger partial charge in [-0.2, -0.15) is 0 Å². The first kappa shape index (κ1) is 16.8. The number of carbonyl (C=O) groups excluding carboxylic acids is 1. The summed E-state index contributed by atoms with van der Waals surface area (Å²) in [5.41, 5.74) is 0. The average molecular weight is 284 g/mol. The molecule has 2 amide bonds. The molecule has 0 unspecified atom stereocenters. The molecular weight excluding hydrogens is 256 g/mol. The lowest BCUT2D eigenvalue weighted by atomic mass is 10.0. The number of urea groups is 1. The second-order valence-electron chi connectivity index (χ2n) is 5.68. The van der Waals surface area contributed by atoms with Crippen LogP contribution < -0.4 is 10.6 Å². The summed E-state index contributed by atoms with van der Waals surface area (Å²) in [7, 11) is 0. The maximum absolute atomic E-state index is 11.5. The number of carbonyl (C=O) groups is 2. The number of aliphatic carboxylic acids is 1. The fourth-order valence-corrected chi connectivity index (χ4v) is 2.73. The molecule has 0 aromatic carbocycles. The number of amides is 2. The average Bonchev–Trinajstić information content (AvgIpc) is 2.91. The summed E-state index contributed by atoms with van der Waals surface area (Å²) in [6.07, 6.45) is 10.3. The third-order valence-electron chi connectivity index (χ3n) is 3.90. The Bertz CT molecular complexity index is 289. The van der Waals surface area contributed by atoms with Crippen LogP contribution in [0.5, 0.6) is 0 Å². The zero-order valence-electron chi connectivity index (χ0n) is 12.3. The van der Waals surface area contributed by atoms with Crippen molar-refractivity contribution in [3.8, 4) is 0 Å². The Hall–Kier alpha value is -1.26. The molecule has 0 aromatic heterocycles. The molecule has 1 saturated carbocycles. The highest BCUT2D eigenvalue weighted by Gasteiger charge is 2.14. The van der Waals surface area contributed by atoms with Gasteiger partial charge in [0, 0.05) is 19.5 Å². The van der Waals surface area contributed by atoms with Crippen LogP contribution in [0.3, 0.4) is 0 Å². The molecule has 5 heteroatoms. The van der Waals surface area contributed by atoms with Gasteiger partial charge < -0.3 is 15.7 Å². The Labute approximate surface area is 121 Å². The highest BCUT2D eigenvalue weighted by Crippen LogP contribution is 2.28. The highest BCUT2D eigenvalue weighted by atomic mass is 16.4. The summed E-state index contributed by atoms with van der Waals surface area (Å²) in [4.78, 5) is 21.8. The SMILES string of the molecule is O=C(O)CCCCCNC(=O)NCCCC1CCCC1. The summed E-state index contributed by atoms with van der Waals surface area (Å²) in [5, 5.41) is 14.2. The number of carboxylic acid groups (broad SMARTS) is 1. The Morgan fingerprint density at radius 1 is 0.950 bits per heavy atom. The predicted octanol–water partition coefficient (Wildman–Crippen LogP) is 2.90. The van der Waals surface area contributed by atoms with Crippen LogP contribution in [0.15, 0.2) is 0 Å². The van der Waals surface area contributed by atoms with Gasteiger partial charge in [0.2, 0.25) is 0 Å². The van der Waals surface area contributed by atoms with E-state index in [1.807, 2.05) is 0 Å². The quantitative estimate of drug-likeness (QED) is 0.540. The van der Waals surface area contributed by atoms with Gasteiger partial charge in [-0.3, -0.25) is 4.79 Å². The first-order valence-corrected chi connectivity index (χ1v) is 7.92. The standard InChI is InChI=1S/C15H28N2O3/c18-14(19)10-2-1-5-11-16-15(20)17-12-6-9-13-7-3-4-8-13/h13H,1-12H2,(H,18,19)(H2,16,17,20). The highest BCUT2D eigenvalue weighted by molar-refractivity contribution is 5.73. The Morgan fingerprint density at radius 3 is 2.25 bits per heavy atom. The van der Waals surface area contributed by atoms with Crippen LogP contribution in [0.25, 0.3) is 0 Å². The minimum atomic E-state index is -0.752. The van der Waals surface area contributed by atoms with E-state index in [1.54, 1.807) is 0 Å². The summed E-state index contributed by atoms with van der Waals surface area (Å²) in [5.74, 6) is 0.132. The molecule has 0 heterocycles. The molecular formula is C15H28N2O3. The smallest absolute Gasteiger partial charge is 0.314 e. The number of hydrogen-bond donors (Lipinski definition) is 3. The van der Waals surface area contributed by atoms with Crippen LogP contribution in [0.4, 0.5) is 4.79 Å². The van der Waals surface area contributed by atoms with Crippen LogP contribution in [-0.4, -0.2) is 30.2 Å². The zero-order valence-corrected chi connectivity index (χ0v) is 12.3. The molecule has 0 spiro atoms. The van der Waals surface area contributed by atoms with Crippen LogP contribution in [0.2, 0.25) is 0 Å². The van der Waals surface area contributed by atoms with Crippen molar-refractivity contribution in [3.05, 3.63) is 0 Å². The molecule has 0 aliphatic heterocycles. The number of nitrogens with one attached hydrogen (secondary N) is 2. The van der Waals surface area contributed by atoms with E-state index in [9.17, 15) is 9.59 Å². The lowest BCUT2D eigenvalue weighted by Gasteiger charge is -2.10. The number of carboxylic acids is 1. The normalized spacial score (nSPS) is 15.2. The Kier molecular flexibility index (Phi) is 8.83. The van der Waals surface area contributed by atoms with E-state index in [1.165, 1.54) is 32.1 Å². The van der Waals surface area contributed by atoms with Crippen LogP contribution in [-0.2, 0) is 4.79 Å². The summed E-state index contributed by atoms with van der Waals surface area (Å²) < 4.78 is 0. The second-order valence-corrected chi connectivity index (χ2v) is 5.68. The van der Waals surface area contributed by atoms with Crippen molar-refractivity contribution in [2.45, 2.75) is 64.2 Å². The minimum absolute atomic E-state index is 0.102. The summed E-state index contributed by atoms with van der Waals surface area (Å²) in [6, 6.07) is -0.102. The molecule has 1 aliphatic carbocycles. The van der Waals surface area contributed by atoms with Gasteiger partial charge in [-0.05, 0) is 31.6 Å². The topological polar surface area (TPSA) is 78.4 Å². The van der Waals surface area contributed by atoms with E-state index >= 15 is 0 Å². The van der Waals surface area contributed by atoms with Gasteiger partial charge in [-0.1, -0.05) is 32.1 Å². The van der Waals surface area contributed by atoms with Gasteiger partial charge in [-0.15, -0.1) is 0 Å². The maximum atomic E-state index is 11.5. The molecule has 20 heavy (non-hydrogen) atoms. The molecule has 0 bridgehead atoms. The molecule has 5 nitrogen and oxygen atoms in total. The van der Waals surface area contributed by atoms with Crippen molar-refractivity contribution < 1.29 is 14.7 Å². The van der Waals surface area contributed by atoms with E-state index < -0.39 is 5.97 Å². The first-order valence-electron chi connectivity index (χ1n) is 7.92. The van der Waals surface area contributed by atoms with Crippen molar-refractivity contribution in [1.29, 1.82) is 0 Å². The zero-order chi connectivity index (χ0) is 14.6. The monoisotopic (exact) mass is 284 g/mol. The van der Waals surface area contributed by atoms with E-state index in [4.69, 9.17) is 5.11 Å². The Morgan fingerprint density at radius 2 is 1.60 bits per heavy atom. The van der Waals surface area contributed by atoms with Gasteiger partial charge in [-0.25, -0.2) is 4.79 Å². The molecule has 3 N–H and O–H groups in total. The number of unbranched alkanes of at least 4 members (excludes halogenated alkanes) is 2. The Balaban J connectivity index is 1.83. The predicted molar refractivity (Wildman–Crippen MR) is 78.7 cm³/mol.